The third kappa shape index (κ3) is 3.75. The van der Waals surface area contributed by atoms with Gasteiger partial charge in [0.15, 0.2) is 0 Å². The van der Waals surface area contributed by atoms with Gasteiger partial charge in [-0.25, -0.2) is 0 Å². The minimum atomic E-state index is -0.213. The minimum Gasteiger partial charge on any atom is -0.374 e. The van der Waals surface area contributed by atoms with Crippen LogP contribution in [0.1, 0.15) is 34.6 Å². The first-order valence-corrected chi connectivity index (χ1v) is 6.90. The van der Waals surface area contributed by atoms with E-state index in [1.165, 1.54) is 5.56 Å². The maximum absolute atomic E-state index is 11.7. The molecule has 1 heterocycles. The van der Waals surface area contributed by atoms with E-state index in [0.717, 1.165) is 17.8 Å². The van der Waals surface area contributed by atoms with Gasteiger partial charge >= 0.3 is 0 Å². The van der Waals surface area contributed by atoms with Crippen LogP contribution in [0.15, 0.2) is 30.3 Å². The molecule has 0 aliphatic heterocycles. The second kappa shape index (κ2) is 6.29. The van der Waals surface area contributed by atoms with Crippen LogP contribution in [0.25, 0.3) is 0 Å². The van der Waals surface area contributed by atoms with Crippen molar-refractivity contribution >= 4 is 22.4 Å². The van der Waals surface area contributed by atoms with Gasteiger partial charge in [-0.3, -0.25) is 4.79 Å². The van der Waals surface area contributed by atoms with Crippen molar-refractivity contribution < 1.29 is 4.79 Å². The molecule has 1 unspecified atom stereocenters. The van der Waals surface area contributed by atoms with E-state index in [0.29, 0.717) is 22.6 Å². The second-order valence-corrected chi connectivity index (χ2v) is 5.31. The molecule has 0 saturated carbocycles. The van der Waals surface area contributed by atoms with E-state index in [2.05, 4.69) is 34.6 Å². The Balaban J connectivity index is 1.79. The summed E-state index contributed by atoms with van der Waals surface area (Å²) in [6.07, 6.45) is 0.879. The molecule has 19 heavy (non-hydrogen) atoms. The van der Waals surface area contributed by atoms with Crippen LogP contribution >= 0.6 is 11.3 Å². The Morgan fingerprint density at radius 3 is 2.74 bits per heavy atom. The van der Waals surface area contributed by atoms with Crippen molar-refractivity contribution in [3.8, 4) is 0 Å². The molecule has 0 aliphatic carbocycles. The Kier molecular flexibility index (Phi) is 4.46. The van der Waals surface area contributed by atoms with Crippen LogP contribution < -0.4 is 11.1 Å². The monoisotopic (exact) mass is 276 g/mol. The lowest BCUT2D eigenvalue weighted by molar-refractivity contribution is 0.0951. The van der Waals surface area contributed by atoms with Crippen LogP contribution in [0, 0.1) is 0 Å². The molecule has 3 N–H and O–H groups in total. The predicted octanol–water partition coefficient (Wildman–Crippen LogP) is 2.04. The zero-order valence-electron chi connectivity index (χ0n) is 10.7. The summed E-state index contributed by atoms with van der Waals surface area (Å²) in [5, 5.41) is 10.8. The summed E-state index contributed by atoms with van der Waals surface area (Å²) in [6, 6.07) is 10.2. The number of nitrogen functional groups attached to an aromatic ring is 1. The summed E-state index contributed by atoms with van der Waals surface area (Å²) in [4.78, 5) is 11.7. The van der Waals surface area contributed by atoms with Crippen LogP contribution in [0.3, 0.4) is 0 Å². The molecule has 0 fully saturated rings. The summed E-state index contributed by atoms with van der Waals surface area (Å²) >= 11 is 1.09. The number of aromatic nitrogens is 2. The van der Waals surface area contributed by atoms with Gasteiger partial charge in [0, 0.05) is 6.54 Å². The number of carbonyl (C=O) groups is 1. The molecule has 2 aromatic rings. The number of amides is 1. The van der Waals surface area contributed by atoms with E-state index >= 15 is 0 Å². The smallest absolute Gasteiger partial charge is 0.282 e. The number of nitrogens with zero attached hydrogens (tertiary/aromatic N) is 2. The molecule has 1 amide bonds. The van der Waals surface area contributed by atoms with Gasteiger partial charge in [-0.2, -0.15) is 0 Å². The minimum absolute atomic E-state index is 0.213. The number of hydrogen-bond donors (Lipinski definition) is 2. The topological polar surface area (TPSA) is 80.9 Å². The molecule has 5 nitrogen and oxygen atoms in total. The lowest BCUT2D eigenvalue weighted by Crippen LogP contribution is -2.25. The summed E-state index contributed by atoms with van der Waals surface area (Å²) < 4.78 is 0. The Hall–Kier alpha value is -1.95. The zero-order chi connectivity index (χ0) is 13.7. The normalized spacial score (nSPS) is 12.1. The quantitative estimate of drug-likeness (QED) is 0.875. The molecule has 0 bridgehead atoms. The third-order valence-corrected chi connectivity index (χ3v) is 3.62. The highest BCUT2D eigenvalue weighted by atomic mass is 32.1. The number of anilines is 1. The average molecular weight is 276 g/mol. The van der Waals surface area contributed by atoms with Gasteiger partial charge in [0.05, 0.1) is 0 Å². The molecule has 2 rings (SSSR count). The highest BCUT2D eigenvalue weighted by molar-refractivity contribution is 7.16. The highest BCUT2D eigenvalue weighted by Crippen LogP contribution is 2.17. The van der Waals surface area contributed by atoms with Gasteiger partial charge in [0.25, 0.3) is 5.91 Å². The van der Waals surface area contributed by atoms with Crippen LogP contribution in [0.4, 0.5) is 5.13 Å². The van der Waals surface area contributed by atoms with E-state index in [1.807, 2.05) is 18.2 Å². The summed E-state index contributed by atoms with van der Waals surface area (Å²) in [5.41, 5.74) is 6.71. The summed E-state index contributed by atoms with van der Waals surface area (Å²) in [7, 11) is 0. The first-order chi connectivity index (χ1) is 9.16. The van der Waals surface area contributed by atoms with Crippen LogP contribution in [-0.2, 0) is 0 Å². The van der Waals surface area contributed by atoms with Gasteiger partial charge in [-0.1, -0.05) is 48.6 Å². The molecule has 0 spiro atoms. The Morgan fingerprint density at radius 1 is 1.37 bits per heavy atom. The summed E-state index contributed by atoms with van der Waals surface area (Å²) in [5.74, 6) is 0.190. The molecule has 0 saturated heterocycles. The third-order valence-electron chi connectivity index (χ3n) is 2.87. The van der Waals surface area contributed by atoms with Crippen molar-refractivity contribution in [2.75, 3.05) is 12.3 Å². The molecule has 100 valence electrons. The molecule has 0 aliphatic rings. The van der Waals surface area contributed by atoms with Crippen molar-refractivity contribution in [2.24, 2.45) is 0 Å². The van der Waals surface area contributed by atoms with Gasteiger partial charge < -0.3 is 11.1 Å². The van der Waals surface area contributed by atoms with Crippen molar-refractivity contribution in [3.05, 3.63) is 40.9 Å². The fourth-order valence-corrected chi connectivity index (χ4v) is 2.28. The Labute approximate surface area is 115 Å². The number of nitrogens with two attached hydrogens (primary N) is 1. The van der Waals surface area contributed by atoms with E-state index in [4.69, 9.17) is 5.73 Å². The lowest BCUT2D eigenvalue weighted by Gasteiger charge is -2.11. The molecule has 6 heteroatoms. The van der Waals surface area contributed by atoms with Crippen molar-refractivity contribution in [1.82, 2.24) is 15.5 Å². The van der Waals surface area contributed by atoms with E-state index in [9.17, 15) is 4.79 Å². The average Bonchev–Trinajstić information content (AvgIpc) is 2.86. The van der Waals surface area contributed by atoms with Crippen molar-refractivity contribution in [2.45, 2.75) is 19.3 Å². The first kappa shape index (κ1) is 13.5. The van der Waals surface area contributed by atoms with Crippen molar-refractivity contribution in [1.29, 1.82) is 0 Å². The van der Waals surface area contributed by atoms with Gasteiger partial charge in [-0.15, -0.1) is 10.2 Å². The number of rotatable bonds is 5. The number of carbonyl (C=O) groups excluding carboxylic acids is 1. The molecular weight excluding hydrogens is 260 g/mol. The SMILES string of the molecule is CC(CCNC(=O)c1nnc(N)s1)c1ccccc1. The summed E-state index contributed by atoms with van der Waals surface area (Å²) in [6.45, 7) is 2.75. The largest absolute Gasteiger partial charge is 0.374 e. The molecule has 1 aromatic heterocycles. The Bertz CT molecular complexity index is 541. The number of hydrogen-bond acceptors (Lipinski definition) is 5. The Morgan fingerprint density at radius 2 is 2.11 bits per heavy atom. The van der Waals surface area contributed by atoms with Gasteiger partial charge in [0.1, 0.15) is 0 Å². The first-order valence-electron chi connectivity index (χ1n) is 6.09. The van der Waals surface area contributed by atoms with Crippen LogP contribution in [0.5, 0.6) is 0 Å². The number of benzene rings is 1. The highest BCUT2D eigenvalue weighted by Gasteiger charge is 2.11. The molecule has 1 atom stereocenters. The standard InChI is InChI=1S/C13H16N4OS/c1-9(10-5-3-2-4-6-10)7-8-15-11(18)12-16-17-13(14)19-12/h2-6,9H,7-8H2,1H3,(H2,14,17)(H,15,18). The van der Waals surface area contributed by atoms with E-state index in [1.54, 1.807) is 0 Å². The maximum Gasteiger partial charge on any atom is 0.282 e. The lowest BCUT2D eigenvalue weighted by atomic mass is 9.98. The fourth-order valence-electron chi connectivity index (χ4n) is 1.75. The van der Waals surface area contributed by atoms with E-state index < -0.39 is 0 Å². The van der Waals surface area contributed by atoms with E-state index in [-0.39, 0.29) is 5.91 Å². The molecule has 1 aromatic carbocycles. The van der Waals surface area contributed by atoms with Gasteiger partial charge in [-0.05, 0) is 17.9 Å². The fraction of sp³-hybridized carbons (Fsp3) is 0.308. The predicted molar refractivity (Wildman–Crippen MR) is 76.1 cm³/mol. The van der Waals surface area contributed by atoms with Gasteiger partial charge in [0.2, 0.25) is 10.1 Å². The molecule has 0 radical (unpaired) electrons. The maximum atomic E-state index is 11.7. The van der Waals surface area contributed by atoms with Crippen molar-refractivity contribution in [3.63, 3.8) is 0 Å². The zero-order valence-corrected chi connectivity index (χ0v) is 11.5. The molecular formula is C13H16N4OS. The van der Waals surface area contributed by atoms with Crippen LogP contribution in [-0.4, -0.2) is 22.6 Å². The van der Waals surface area contributed by atoms with Crippen LogP contribution in [0.2, 0.25) is 0 Å². The number of nitrogens with one attached hydrogen (secondary N) is 1. The second-order valence-electron chi connectivity index (χ2n) is 4.30.